The number of carbonyl (C=O) groups is 1. The number of nitrogens with zero attached hydrogens (tertiary/aromatic N) is 1. The molecule has 0 radical (unpaired) electrons. The SMILES string of the molecule is CCOc1cc(CCNC(=O)CC#N)cc(Cl)c1OCc1ccc(F)cc1. The van der Waals surface area contributed by atoms with E-state index in [9.17, 15) is 9.18 Å². The maximum absolute atomic E-state index is 13.0. The lowest BCUT2D eigenvalue weighted by Crippen LogP contribution is -2.24. The zero-order chi connectivity index (χ0) is 19.6. The summed E-state index contributed by atoms with van der Waals surface area (Å²) >= 11 is 6.36. The fourth-order valence-electron chi connectivity index (χ4n) is 2.39. The van der Waals surface area contributed by atoms with Crippen molar-refractivity contribution in [3.63, 3.8) is 0 Å². The molecule has 0 aromatic heterocycles. The molecule has 5 nitrogen and oxygen atoms in total. The molecule has 7 heteroatoms. The van der Waals surface area contributed by atoms with Crippen molar-refractivity contribution < 1.29 is 18.7 Å². The van der Waals surface area contributed by atoms with Gasteiger partial charge in [-0.25, -0.2) is 4.39 Å². The third-order valence-corrected chi connectivity index (χ3v) is 3.92. The van der Waals surface area contributed by atoms with Gasteiger partial charge in [0.2, 0.25) is 5.91 Å². The average molecular weight is 391 g/mol. The molecule has 2 rings (SSSR count). The lowest BCUT2D eigenvalue weighted by atomic mass is 10.1. The molecule has 0 bridgehead atoms. The van der Waals surface area contributed by atoms with E-state index in [1.165, 1.54) is 12.1 Å². The van der Waals surface area contributed by atoms with Crippen LogP contribution in [0.1, 0.15) is 24.5 Å². The van der Waals surface area contributed by atoms with Gasteiger partial charge in [-0.3, -0.25) is 4.79 Å². The summed E-state index contributed by atoms with van der Waals surface area (Å²) in [7, 11) is 0. The van der Waals surface area contributed by atoms with E-state index in [0.717, 1.165) is 11.1 Å². The molecule has 142 valence electrons. The molecular weight excluding hydrogens is 371 g/mol. The first-order chi connectivity index (χ1) is 13.0. The molecule has 1 N–H and O–H groups in total. The molecule has 0 unspecified atom stereocenters. The van der Waals surface area contributed by atoms with E-state index in [1.807, 2.05) is 13.0 Å². The van der Waals surface area contributed by atoms with Gasteiger partial charge in [0.05, 0.1) is 17.7 Å². The number of hydrogen-bond acceptors (Lipinski definition) is 4. The number of carbonyl (C=O) groups excluding carboxylic acids is 1. The first-order valence-electron chi connectivity index (χ1n) is 8.49. The Balaban J connectivity index is 2.07. The predicted octanol–water partition coefficient (Wildman–Crippen LogP) is 4.03. The minimum Gasteiger partial charge on any atom is -0.490 e. The number of nitriles is 1. The highest BCUT2D eigenvalue weighted by Gasteiger charge is 2.13. The van der Waals surface area contributed by atoms with Gasteiger partial charge in [0, 0.05) is 6.54 Å². The number of rotatable bonds is 9. The van der Waals surface area contributed by atoms with Crippen LogP contribution in [0.4, 0.5) is 4.39 Å². The molecule has 0 saturated carbocycles. The Morgan fingerprint density at radius 1 is 1.22 bits per heavy atom. The van der Waals surface area contributed by atoms with E-state index in [-0.39, 0.29) is 24.8 Å². The van der Waals surface area contributed by atoms with Crippen molar-refractivity contribution >= 4 is 17.5 Å². The number of amides is 1. The molecule has 0 saturated heterocycles. The Hall–Kier alpha value is -2.78. The third-order valence-electron chi connectivity index (χ3n) is 3.64. The summed E-state index contributed by atoms with van der Waals surface area (Å²) in [6.07, 6.45) is 0.371. The molecule has 0 aliphatic carbocycles. The van der Waals surface area contributed by atoms with Crippen molar-refractivity contribution in [2.45, 2.75) is 26.4 Å². The van der Waals surface area contributed by atoms with Crippen LogP contribution in [0.15, 0.2) is 36.4 Å². The topological polar surface area (TPSA) is 71.3 Å². The van der Waals surface area contributed by atoms with Crippen LogP contribution in [0, 0.1) is 17.1 Å². The van der Waals surface area contributed by atoms with Crippen molar-refractivity contribution in [1.82, 2.24) is 5.32 Å². The Morgan fingerprint density at radius 2 is 1.96 bits per heavy atom. The summed E-state index contributed by atoms with van der Waals surface area (Å²) in [5.41, 5.74) is 1.68. The summed E-state index contributed by atoms with van der Waals surface area (Å²) in [5, 5.41) is 11.5. The predicted molar refractivity (Wildman–Crippen MR) is 100 cm³/mol. The van der Waals surface area contributed by atoms with Crippen molar-refractivity contribution in [2.24, 2.45) is 0 Å². The summed E-state index contributed by atoms with van der Waals surface area (Å²) in [5.74, 6) is 0.302. The van der Waals surface area contributed by atoms with Crippen LogP contribution in [0.25, 0.3) is 0 Å². The lowest BCUT2D eigenvalue weighted by Gasteiger charge is -2.15. The average Bonchev–Trinajstić information content (AvgIpc) is 2.63. The normalized spacial score (nSPS) is 10.1. The van der Waals surface area contributed by atoms with Gasteiger partial charge in [0.1, 0.15) is 18.8 Å². The standard InChI is InChI=1S/C20H20ClFN2O3/c1-2-26-18-12-15(8-10-24-19(25)7-9-23)11-17(21)20(18)27-13-14-3-5-16(22)6-4-14/h3-6,11-12H,2,7-8,10,13H2,1H3,(H,24,25). The monoisotopic (exact) mass is 390 g/mol. The molecule has 0 heterocycles. The van der Waals surface area contributed by atoms with E-state index in [2.05, 4.69) is 5.32 Å². The van der Waals surface area contributed by atoms with Gasteiger partial charge in [-0.15, -0.1) is 0 Å². The number of hydrogen-bond donors (Lipinski definition) is 1. The van der Waals surface area contributed by atoms with Crippen LogP contribution >= 0.6 is 11.6 Å². The first-order valence-corrected chi connectivity index (χ1v) is 8.87. The van der Waals surface area contributed by atoms with E-state index >= 15 is 0 Å². The maximum Gasteiger partial charge on any atom is 0.234 e. The van der Waals surface area contributed by atoms with Gasteiger partial charge >= 0.3 is 0 Å². The van der Waals surface area contributed by atoms with E-state index in [1.54, 1.807) is 24.3 Å². The van der Waals surface area contributed by atoms with Crippen molar-refractivity contribution in [2.75, 3.05) is 13.2 Å². The lowest BCUT2D eigenvalue weighted by molar-refractivity contribution is -0.120. The molecular formula is C20H20ClFN2O3. The van der Waals surface area contributed by atoms with Gasteiger partial charge in [-0.1, -0.05) is 23.7 Å². The van der Waals surface area contributed by atoms with Gasteiger partial charge in [0.15, 0.2) is 11.5 Å². The van der Waals surface area contributed by atoms with Gasteiger partial charge in [-0.05, 0) is 48.7 Å². The summed E-state index contributed by atoms with van der Waals surface area (Å²) in [6, 6.07) is 11.4. The van der Waals surface area contributed by atoms with E-state index < -0.39 is 0 Å². The van der Waals surface area contributed by atoms with Crippen molar-refractivity contribution in [1.29, 1.82) is 5.26 Å². The molecule has 0 spiro atoms. The number of ether oxygens (including phenoxy) is 2. The minimum atomic E-state index is -0.312. The highest BCUT2D eigenvalue weighted by Crippen LogP contribution is 2.37. The van der Waals surface area contributed by atoms with Crippen LogP contribution in [0.3, 0.4) is 0 Å². The second-order valence-electron chi connectivity index (χ2n) is 5.69. The van der Waals surface area contributed by atoms with Crippen molar-refractivity contribution in [3.05, 3.63) is 58.4 Å². The number of halogens is 2. The summed E-state index contributed by atoms with van der Waals surface area (Å²) in [6.45, 7) is 2.90. The minimum absolute atomic E-state index is 0.166. The second-order valence-corrected chi connectivity index (χ2v) is 6.10. The zero-order valence-electron chi connectivity index (χ0n) is 14.9. The van der Waals surface area contributed by atoms with Gasteiger partial charge in [-0.2, -0.15) is 5.26 Å². The Kier molecular flexibility index (Phi) is 7.90. The molecule has 2 aromatic rings. The summed E-state index contributed by atoms with van der Waals surface area (Å²) in [4.78, 5) is 11.3. The molecule has 0 aliphatic heterocycles. The zero-order valence-corrected chi connectivity index (χ0v) is 15.7. The van der Waals surface area contributed by atoms with E-state index in [0.29, 0.717) is 36.1 Å². The third kappa shape index (κ3) is 6.46. The number of nitrogens with one attached hydrogen (secondary N) is 1. The first kappa shape index (κ1) is 20.5. The van der Waals surface area contributed by atoms with Crippen LogP contribution in [0.2, 0.25) is 5.02 Å². The molecule has 0 atom stereocenters. The fourth-order valence-corrected chi connectivity index (χ4v) is 2.67. The van der Waals surface area contributed by atoms with Crippen LogP contribution in [-0.4, -0.2) is 19.1 Å². The highest BCUT2D eigenvalue weighted by molar-refractivity contribution is 6.32. The largest absolute Gasteiger partial charge is 0.490 e. The highest BCUT2D eigenvalue weighted by atomic mass is 35.5. The van der Waals surface area contributed by atoms with Crippen LogP contribution < -0.4 is 14.8 Å². The Labute approximate surface area is 162 Å². The smallest absolute Gasteiger partial charge is 0.234 e. The summed E-state index contributed by atoms with van der Waals surface area (Å²) < 4.78 is 24.4. The van der Waals surface area contributed by atoms with E-state index in [4.69, 9.17) is 26.3 Å². The molecule has 1 amide bonds. The van der Waals surface area contributed by atoms with Gasteiger partial charge < -0.3 is 14.8 Å². The van der Waals surface area contributed by atoms with Gasteiger partial charge in [0.25, 0.3) is 0 Å². The quantitative estimate of drug-likeness (QED) is 0.701. The number of benzene rings is 2. The van der Waals surface area contributed by atoms with Crippen LogP contribution in [-0.2, 0) is 17.8 Å². The molecule has 0 aliphatic rings. The van der Waals surface area contributed by atoms with Crippen LogP contribution in [0.5, 0.6) is 11.5 Å². The molecule has 27 heavy (non-hydrogen) atoms. The Morgan fingerprint density at radius 3 is 2.63 bits per heavy atom. The second kappa shape index (κ2) is 10.4. The fraction of sp³-hybridized carbons (Fsp3) is 0.300. The molecule has 2 aromatic carbocycles. The molecule has 0 fully saturated rings. The Bertz CT molecular complexity index is 819. The maximum atomic E-state index is 13.0. The van der Waals surface area contributed by atoms with Crippen molar-refractivity contribution in [3.8, 4) is 17.6 Å².